The molecule has 0 radical (unpaired) electrons. The summed E-state index contributed by atoms with van der Waals surface area (Å²) in [5.41, 5.74) is 8.58. The maximum absolute atomic E-state index is 11.1. The van der Waals surface area contributed by atoms with Crippen LogP contribution < -0.4 is 11.1 Å². The molecule has 0 bridgehead atoms. The van der Waals surface area contributed by atoms with Crippen molar-refractivity contribution in [1.82, 2.24) is 0 Å². The molecular formula is C14H13IN2O2. The third kappa shape index (κ3) is 2.98. The van der Waals surface area contributed by atoms with Gasteiger partial charge in [0.25, 0.3) is 0 Å². The maximum Gasteiger partial charge on any atom is 0.337 e. The number of carboxylic acids is 1. The van der Waals surface area contributed by atoms with E-state index in [2.05, 4.69) is 27.9 Å². The molecule has 0 heterocycles. The summed E-state index contributed by atoms with van der Waals surface area (Å²) in [7, 11) is 0. The number of rotatable bonds is 3. The summed E-state index contributed by atoms with van der Waals surface area (Å²) < 4.78 is 1.06. The summed E-state index contributed by atoms with van der Waals surface area (Å²) in [6.07, 6.45) is 0. The van der Waals surface area contributed by atoms with Crippen molar-refractivity contribution < 1.29 is 9.90 Å². The van der Waals surface area contributed by atoms with Crippen LogP contribution in [0.3, 0.4) is 0 Å². The van der Waals surface area contributed by atoms with E-state index < -0.39 is 5.97 Å². The Morgan fingerprint density at radius 2 is 2.00 bits per heavy atom. The van der Waals surface area contributed by atoms with Gasteiger partial charge in [0.05, 0.1) is 11.3 Å². The largest absolute Gasteiger partial charge is 0.478 e. The van der Waals surface area contributed by atoms with Crippen LogP contribution in [-0.4, -0.2) is 11.1 Å². The average molecular weight is 368 g/mol. The van der Waals surface area contributed by atoms with Crippen molar-refractivity contribution in [1.29, 1.82) is 0 Å². The van der Waals surface area contributed by atoms with Crippen LogP contribution in [-0.2, 0) is 0 Å². The molecule has 5 heteroatoms. The number of benzene rings is 2. The van der Waals surface area contributed by atoms with E-state index in [9.17, 15) is 4.79 Å². The Hall–Kier alpha value is -1.76. The molecule has 2 aromatic carbocycles. The lowest BCUT2D eigenvalue weighted by Gasteiger charge is -2.12. The average Bonchev–Trinajstić information content (AvgIpc) is 2.36. The molecule has 0 aliphatic rings. The molecule has 4 nitrogen and oxygen atoms in total. The Morgan fingerprint density at radius 3 is 2.63 bits per heavy atom. The fraction of sp³-hybridized carbons (Fsp3) is 0.0714. The highest BCUT2D eigenvalue weighted by Crippen LogP contribution is 2.27. The first kappa shape index (κ1) is 13.7. The standard InChI is InChI=1S/C14H13IN2O2/c1-8-6-9(7-10(13(8)16)14(18)19)17-12-5-3-2-4-11(12)15/h2-7,17H,16H2,1H3,(H,18,19). The number of hydrogen-bond donors (Lipinski definition) is 3. The van der Waals surface area contributed by atoms with Gasteiger partial charge in [0, 0.05) is 14.9 Å². The topological polar surface area (TPSA) is 75.3 Å². The number of nitrogen functional groups attached to an aromatic ring is 1. The van der Waals surface area contributed by atoms with Crippen molar-refractivity contribution in [2.45, 2.75) is 6.92 Å². The smallest absolute Gasteiger partial charge is 0.337 e. The molecule has 0 fully saturated rings. The predicted molar refractivity (Wildman–Crippen MR) is 85.0 cm³/mol. The van der Waals surface area contributed by atoms with Crippen molar-refractivity contribution in [2.24, 2.45) is 0 Å². The number of aromatic carboxylic acids is 1. The molecule has 0 aliphatic carbocycles. The second kappa shape index (κ2) is 5.48. The Kier molecular flexibility index (Phi) is 3.94. The van der Waals surface area contributed by atoms with E-state index in [1.54, 1.807) is 13.0 Å². The van der Waals surface area contributed by atoms with Crippen LogP contribution in [0.5, 0.6) is 0 Å². The van der Waals surface area contributed by atoms with E-state index in [0.29, 0.717) is 11.4 Å². The molecule has 0 amide bonds. The summed E-state index contributed by atoms with van der Waals surface area (Å²) in [4.78, 5) is 11.1. The summed E-state index contributed by atoms with van der Waals surface area (Å²) in [6, 6.07) is 11.2. The van der Waals surface area contributed by atoms with Gasteiger partial charge in [-0.2, -0.15) is 0 Å². The van der Waals surface area contributed by atoms with E-state index in [0.717, 1.165) is 14.8 Å². The molecule has 4 N–H and O–H groups in total. The molecule has 2 rings (SSSR count). The van der Waals surface area contributed by atoms with E-state index in [1.165, 1.54) is 0 Å². The van der Waals surface area contributed by atoms with Crippen LogP contribution in [0.4, 0.5) is 17.1 Å². The van der Waals surface area contributed by atoms with Crippen molar-refractivity contribution in [3.05, 3.63) is 51.1 Å². The minimum atomic E-state index is -1.02. The minimum absolute atomic E-state index is 0.119. The maximum atomic E-state index is 11.1. The van der Waals surface area contributed by atoms with Gasteiger partial charge in [-0.1, -0.05) is 12.1 Å². The Labute approximate surface area is 124 Å². The molecule has 19 heavy (non-hydrogen) atoms. The zero-order chi connectivity index (χ0) is 14.0. The highest BCUT2D eigenvalue weighted by molar-refractivity contribution is 14.1. The van der Waals surface area contributed by atoms with E-state index in [-0.39, 0.29) is 5.56 Å². The normalized spacial score (nSPS) is 10.2. The highest BCUT2D eigenvalue weighted by Gasteiger charge is 2.12. The van der Waals surface area contributed by atoms with Crippen LogP contribution in [0.15, 0.2) is 36.4 Å². The molecule has 0 aromatic heterocycles. The Bertz CT molecular complexity index is 641. The molecule has 2 aromatic rings. The number of carboxylic acid groups (broad SMARTS) is 1. The Balaban J connectivity index is 2.42. The summed E-state index contributed by atoms with van der Waals surface area (Å²) >= 11 is 2.22. The second-order valence-electron chi connectivity index (χ2n) is 4.16. The molecule has 0 saturated heterocycles. The third-order valence-corrected chi connectivity index (χ3v) is 3.71. The summed E-state index contributed by atoms with van der Waals surface area (Å²) in [5, 5.41) is 12.3. The number of halogens is 1. The number of para-hydroxylation sites is 1. The molecule has 98 valence electrons. The van der Waals surface area contributed by atoms with Crippen molar-refractivity contribution in [2.75, 3.05) is 11.1 Å². The third-order valence-electron chi connectivity index (χ3n) is 2.77. The minimum Gasteiger partial charge on any atom is -0.478 e. The number of nitrogens with one attached hydrogen (secondary N) is 1. The highest BCUT2D eigenvalue weighted by atomic mass is 127. The van der Waals surface area contributed by atoms with Crippen LogP contribution in [0.25, 0.3) is 0 Å². The first-order valence-electron chi connectivity index (χ1n) is 5.64. The van der Waals surface area contributed by atoms with Gasteiger partial charge in [-0.05, 0) is 59.3 Å². The number of hydrogen-bond acceptors (Lipinski definition) is 3. The van der Waals surface area contributed by atoms with Crippen LogP contribution in [0.2, 0.25) is 0 Å². The van der Waals surface area contributed by atoms with Gasteiger partial charge in [-0.3, -0.25) is 0 Å². The number of nitrogens with two attached hydrogens (primary N) is 1. The first-order chi connectivity index (χ1) is 8.99. The van der Waals surface area contributed by atoms with Gasteiger partial charge < -0.3 is 16.2 Å². The van der Waals surface area contributed by atoms with Crippen molar-refractivity contribution >= 4 is 45.6 Å². The van der Waals surface area contributed by atoms with Gasteiger partial charge in [0.1, 0.15) is 0 Å². The van der Waals surface area contributed by atoms with Crippen LogP contribution in [0.1, 0.15) is 15.9 Å². The first-order valence-corrected chi connectivity index (χ1v) is 6.72. The van der Waals surface area contributed by atoms with Crippen LogP contribution >= 0.6 is 22.6 Å². The monoisotopic (exact) mass is 368 g/mol. The lowest BCUT2D eigenvalue weighted by Crippen LogP contribution is -2.05. The van der Waals surface area contributed by atoms with Gasteiger partial charge >= 0.3 is 5.97 Å². The zero-order valence-electron chi connectivity index (χ0n) is 10.3. The van der Waals surface area contributed by atoms with E-state index in [1.807, 2.05) is 30.3 Å². The van der Waals surface area contributed by atoms with Gasteiger partial charge in [0.2, 0.25) is 0 Å². The zero-order valence-corrected chi connectivity index (χ0v) is 12.4. The molecular weight excluding hydrogens is 355 g/mol. The fourth-order valence-corrected chi connectivity index (χ4v) is 2.29. The lowest BCUT2D eigenvalue weighted by molar-refractivity contribution is 0.0698. The summed E-state index contributed by atoms with van der Waals surface area (Å²) in [6.45, 7) is 1.79. The molecule has 0 aliphatic heterocycles. The van der Waals surface area contributed by atoms with Crippen LogP contribution in [0, 0.1) is 10.5 Å². The fourth-order valence-electron chi connectivity index (χ4n) is 1.77. The van der Waals surface area contributed by atoms with Crippen molar-refractivity contribution in [3.63, 3.8) is 0 Å². The van der Waals surface area contributed by atoms with E-state index in [4.69, 9.17) is 10.8 Å². The van der Waals surface area contributed by atoms with E-state index >= 15 is 0 Å². The Morgan fingerprint density at radius 1 is 1.32 bits per heavy atom. The lowest BCUT2D eigenvalue weighted by atomic mass is 10.1. The molecule has 0 atom stereocenters. The number of aryl methyl sites for hydroxylation is 1. The molecule has 0 saturated carbocycles. The van der Waals surface area contributed by atoms with Gasteiger partial charge in [0.15, 0.2) is 0 Å². The van der Waals surface area contributed by atoms with Crippen molar-refractivity contribution in [3.8, 4) is 0 Å². The second-order valence-corrected chi connectivity index (χ2v) is 5.33. The van der Waals surface area contributed by atoms with Gasteiger partial charge in [-0.25, -0.2) is 4.79 Å². The molecule has 0 spiro atoms. The number of carbonyl (C=O) groups is 1. The van der Waals surface area contributed by atoms with Gasteiger partial charge in [-0.15, -0.1) is 0 Å². The SMILES string of the molecule is Cc1cc(Nc2ccccc2I)cc(C(=O)O)c1N. The molecule has 0 unspecified atom stereocenters. The summed E-state index contributed by atoms with van der Waals surface area (Å²) in [5.74, 6) is -1.02. The predicted octanol–water partition coefficient (Wildman–Crippen LogP) is 3.62. The number of anilines is 3. The quantitative estimate of drug-likeness (QED) is 0.572.